The van der Waals surface area contributed by atoms with Gasteiger partial charge in [-0.2, -0.15) is 0 Å². The minimum atomic E-state index is -0.0245. The Balaban J connectivity index is 0.00000225. The molecule has 2 fully saturated rings. The van der Waals surface area contributed by atoms with Crippen LogP contribution in [0.1, 0.15) is 32.1 Å². The molecule has 2 amide bonds. The summed E-state index contributed by atoms with van der Waals surface area (Å²) in [5.74, 6) is 0.346. The Kier molecular flexibility index (Phi) is 7.28. The molecule has 1 aromatic rings. The SMILES string of the molecule is Cl.NC1CCC(C(=O)N2CCC(C(=O)Nc3ccc(Br)cc3)CC2)C1. The number of carbonyl (C=O) groups excluding carboxylic acids is 2. The first-order valence-corrected chi connectivity index (χ1v) is 9.43. The molecule has 1 saturated carbocycles. The fourth-order valence-electron chi connectivity index (χ4n) is 3.64. The van der Waals surface area contributed by atoms with Gasteiger partial charge in [0.2, 0.25) is 11.8 Å². The van der Waals surface area contributed by atoms with Crippen LogP contribution in [0.4, 0.5) is 5.69 Å². The maximum absolute atomic E-state index is 12.5. The second kappa shape index (κ2) is 9.01. The highest BCUT2D eigenvalue weighted by Crippen LogP contribution is 2.28. The summed E-state index contributed by atoms with van der Waals surface area (Å²) < 4.78 is 0.985. The molecule has 2 atom stereocenters. The number of hydrogen-bond donors (Lipinski definition) is 2. The van der Waals surface area contributed by atoms with Crippen molar-refractivity contribution in [2.45, 2.75) is 38.1 Å². The van der Waals surface area contributed by atoms with E-state index >= 15 is 0 Å². The molecule has 0 bridgehead atoms. The van der Waals surface area contributed by atoms with Crippen LogP contribution in [0.3, 0.4) is 0 Å². The molecule has 25 heavy (non-hydrogen) atoms. The van der Waals surface area contributed by atoms with Crippen LogP contribution in [-0.4, -0.2) is 35.8 Å². The maximum atomic E-state index is 12.5. The lowest BCUT2D eigenvalue weighted by molar-refractivity contribution is -0.138. The van der Waals surface area contributed by atoms with Gasteiger partial charge in [-0.05, 0) is 56.4 Å². The van der Waals surface area contributed by atoms with E-state index in [-0.39, 0.29) is 42.1 Å². The van der Waals surface area contributed by atoms with Crippen LogP contribution in [-0.2, 0) is 9.59 Å². The lowest BCUT2D eigenvalue weighted by Gasteiger charge is -2.33. The Hall–Kier alpha value is -1.11. The number of hydrogen-bond acceptors (Lipinski definition) is 3. The third kappa shape index (κ3) is 5.19. The van der Waals surface area contributed by atoms with Gasteiger partial charge in [-0.25, -0.2) is 0 Å². The van der Waals surface area contributed by atoms with Crippen molar-refractivity contribution in [2.24, 2.45) is 17.6 Å². The predicted molar refractivity (Wildman–Crippen MR) is 105 cm³/mol. The van der Waals surface area contributed by atoms with Crippen molar-refractivity contribution in [3.05, 3.63) is 28.7 Å². The molecule has 0 spiro atoms. The van der Waals surface area contributed by atoms with Gasteiger partial charge in [-0.1, -0.05) is 15.9 Å². The van der Waals surface area contributed by atoms with E-state index in [9.17, 15) is 9.59 Å². The molecule has 1 aliphatic heterocycles. The minimum Gasteiger partial charge on any atom is -0.342 e. The Labute approximate surface area is 163 Å². The van der Waals surface area contributed by atoms with Crippen LogP contribution in [0.25, 0.3) is 0 Å². The van der Waals surface area contributed by atoms with Gasteiger partial charge >= 0.3 is 0 Å². The van der Waals surface area contributed by atoms with E-state index in [4.69, 9.17) is 5.73 Å². The average Bonchev–Trinajstić information content (AvgIpc) is 3.03. The van der Waals surface area contributed by atoms with Crippen molar-refractivity contribution in [1.82, 2.24) is 4.90 Å². The number of nitrogens with two attached hydrogens (primary N) is 1. The van der Waals surface area contributed by atoms with E-state index in [0.717, 1.165) is 42.3 Å². The van der Waals surface area contributed by atoms with Gasteiger partial charge in [0.25, 0.3) is 0 Å². The van der Waals surface area contributed by atoms with Gasteiger partial charge in [-0.15, -0.1) is 12.4 Å². The molecular formula is C18H25BrClN3O2. The van der Waals surface area contributed by atoms with E-state index in [2.05, 4.69) is 21.2 Å². The molecule has 5 nitrogen and oxygen atoms in total. The molecular weight excluding hydrogens is 406 g/mol. The zero-order valence-electron chi connectivity index (χ0n) is 14.1. The third-order valence-electron chi connectivity index (χ3n) is 5.11. The highest BCUT2D eigenvalue weighted by Gasteiger charge is 2.34. The summed E-state index contributed by atoms with van der Waals surface area (Å²) in [6, 6.07) is 7.74. The lowest BCUT2D eigenvalue weighted by atomic mass is 9.94. The monoisotopic (exact) mass is 429 g/mol. The Morgan fingerprint density at radius 1 is 1.04 bits per heavy atom. The second-order valence-electron chi connectivity index (χ2n) is 6.87. The summed E-state index contributed by atoms with van der Waals surface area (Å²) >= 11 is 3.38. The Morgan fingerprint density at radius 2 is 1.68 bits per heavy atom. The van der Waals surface area contributed by atoms with Gasteiger partial charge in [0, 0.05) is 41.1 Å². The number of benzene rings is 1. The maximum Gasteiger partial charge on any atom is 0.227 e. The highest BCUT2D eigenvalue weighted by atomic mass is 79.9. The number of halogens is 2. The van der Waals surface area contributed by atoms with Crippen LogP contribution in [0.15, 0.2) is 28.7 Å². The summed E-state index contributed by atoms with van der Waals surface area (Å²) in [5.41, 5.74) is 6.72. The molecule has 2 unspecified atom stereocenters. The predicted octanol–water partition coefficient (Wildman–Crippen LogP) is 3.18. The molecule has 0 radical (unpaired) electrons. The van der Waals surface area contributed by atoms with E-state index in [1.165, 1.54) is 0 Å². The van der Waals surface area contributed by atoms with Crippen molar-refractivity contribution in [3.8, 4) is 0 Å². The summed E-state index contributed by atoms with van der Waals surface area (Å²) in [4.78, 5) is 26.8. The van der Waals surface area contributed by atoms with Gasteiger partial charge in [0.1, 0.15) is 0 Å². The number of nitrogens with zero attached hydrogens (tertiary/aromatic N) is 1. The topological polar surface area (TPSA) is 75.4 Å². The number of likely N-dealkylation sites (tertiary alicyclic amines) is 1. The van der Waals surface area contributed by atoms with E-state index in [0.29, 0.717) is 13.1 Å². The second-order valence-corrected chi connectivity index (χ2v) is 7.78. The quantitative estimate of drug-likeness (QED) is 0.773. The molecule has 2 aliphatic rings. The van der Waals surface area contributed by atoms with Gasteiger partial charge < -0.3 is 16.0 Å². The molecule has 138 valence electrons. The first-order chi connectivity index (χ1) is 11.5. The summed E-state index contributed by atoms with van der Waals surface area (Å²) in [6.07, 6.45) is 4.12. The molecule has 1 heterocycles. The normalized spacial score (nSPS) is 23.8. The van der Waals surface area contributed by atoms with Crippen molar-refractivity contribution in [2.75, 3.05) is 18.4 Å². The van der Waals surface area contributed by atoms with Crippen molar-refractivity contribution in [3.63, 3.8) is 0 Å². The van der Waals surface area contributed by atoms with Crippen LogP contribution in [0.2, 0.25) is 0 Å². The van der Waals surface area contributed by atoms with Crippen molar-refractivity contribution in [1.29, 1.82) is 0 Å². The molecule has 3 N–H and O–H groups in total. The van der Waals surface area contributed by atoms with E-state index in [1.807, 2.05) is 29.2 Å². The average molecular weight is 431 g/mol. The minimum absolute atomic E-state index is 0. The largest absolute Gasteiger partial charge is 0.342 e. The van der Waals surface area contributed by atoms with E-state index in [1.54, 1.807) is 0 Å². The van der Waals surface area contributed by atoms with Gasteiger partial charge in [-0.3, -0.25) is 9.59 Å². The standard InChI is InChI=1S/C18H24BrN3O2.ClH/c19-14-2-5-16(6-3-14)21-17(23)12-7-9-22(10-8-12)18(24)13-1-4-15(20)11-13;/h2-3,5-6,12-13,15H,1,4,7-11,20H2,(H,21,23);1H. The highest BCUT2D eigenvalue weighted by molar-refractivity contribution is 9.10. The molecule has 0 aromatic heterocycles. The van der Waals surface area contributed by atoms with E-state index < -0.39 is 0 Å². The number of anilines is 1. The molecule has 7 heteroatoms. The molecule has 1 saturated heterocycles. The van der Waals surface area contributed by atoms with Crippen LogP contribution in [0, 0.1) is 11.8 Å². The Morgan fingerprint density at radius 3 is 2.24 bits per heavy atom. The molecule has 1 aliphatic carbocycles. The zero-order chi connectivity index (χ0) is 17.1. The molecule has 1 aromatic carbocycles. The van der Waals surface area contributed by atoms with Crippen LogP contribution >= 0.6 is 28.3 Å². The summed E-state index contributed by atoms with van der Waals surface area (Å²) in [6.45, 7) is 1.34. The van der Waals surface area contributed by atoms with Gasteiger partial charge in [0.05, 0.1) is 0 Å². The number of piperidine rings is 1. The first-order valence-electron chi connectivity index (χ1n) is 8.63. The number of rotatable bonds is 3. The number of amides is 2. The first kappa shape index (κ1) is 20.2. The lowest BCUT2D eigenvalue weighted by Crippen LogP contribution is -2.43. The fraction of sp³-hybridized carbons (Fsp3) is 0.556. The van der Waals surface area contributed by atoms with Crippen molar-refractivity contribution < 1.29 is 9.59 Å². The van der Waals surface area contributed by atoms with Crippen LogP contribution in [0.5, 0.6) is 0 Å². The Bertz CT molecular complexity index is 603. The fourth-order valence-corrected chi connectivity index (χ4v) is 3.90. The summed E-state index contributed by atoms with van der Waals surface area (Å²) in [7, 11) is 0. The smallest absolute Gasteiger partial charge is 0.227 e. The molecule has 3 rings (SSSR count). The number of carbonyl (C=O) groups is 2. The zero-order valence-corrected chi connectivity index (χ0v) is 16.5. The third-order valence-corrected chi connectivity index (χ3v) is 5.64. The number of nitrogens with one attached hydrogen (secondary N) is 1. The van der Waals surface area contributed by atoms with Crippen molar-refractivity contribution >= 4 is 45.8 Å². The van der Waals surface area contributed by atoms with Gasteiger partial charge in [0.15, 0.2) is 0 Å². The summed E-state index contributed by atoms with van der Waals surface area (Å²) in [5, 5.41) is 2.96. The van der Waals surface area contributed by atoms with Crippen LogP contribution < -0.4 is 11.1 Å².